The number of piperazine rings is 1. The molecule has 0 spiro atoms. The number of amides is 1. The molecule has 2 rings (SSSR count). The second-order valence-corrected chi connectivity index (χ2v) is 7.34. The summed E-state index contributed by atoms with van der Waals surface area (Å²) in [5, 5.41) is 3.62. The molecule has 8 nitrogen and oxygen atoms in total. The Balaban J connectivity index is 1.90. The molecule has 0 aromatic carbocycles. The zero-order valence-corrected chi connectivity index (χ0v) is 13.5. The van der Waals surface area contributed by atoms with E-state index in [9.17, 15) is 13.2 Å². The molecule has 1 saturated heterocycles. The van der Waals surface area contributed by atoms with Crippen LogP contribution in [0.2, 0.25) is 0 Å². The number of nitrogens with zero attached hydrogens (tertiary/aromatic N) is 3. The maximum atomic E-state index is 12.3. The predicted octanol–water partition coefficient (Wildman–Crippen LogP) is -0.224. The van der Waals surface area contributed by atoms with Crippen molar-refractivity contribution in [1.82, 2.24) is 14.4 Å². The smallest absolute Gasteiger partial charge is 0.239 e. The van der Waals surface area contributed by atoms with Crippen LogP contribution in [-0.4, -0.2) is 60.9 Å². The lowest BCUT2D eigenvalue weighted by Crippen LogP contribution is -2.54. The average Bonchev–Trinajstić information content (AvgIpc) is 2.99. The first-order chi connectivity index (χ1) is 10.4. The summed E-state index contributed by atoms with van der Waals surface area (Å²) in [7, 11) is -3.44. The summed E-state index contributed by atoms with van der Waals surface area (Å²) in [6.07, 6.45) is 2.83. The van der Waals surface area contributed by atoms with Gasteiger partial charge < -0.3 is 15.2 Å². The van der Waals surface area contributed by atoms with E-state index in [4.69, 9.17) is 5.73 Å². The number of aromatic nitrogens is 1. The van der Waals surface area contributed by atoms with E-state index in [0.717, 1.165) is 6.42 Å². The molecular formula is C13H22N4O4S. The Morgan fingerprint density at radius 1 is 1.41 bits per heavy atom. The van der Waals surface area contributed by atoms with Crippen LogP contribution in [0.15, 0.2) is 16.9 Å². The van der Waals surface area contributed by atoms with Crippen molar-refractivity contribution in [3.8, 4) is 0 Å². The molecule has 2 N–H and O–H groups in total. The fourth-order valence-electron chi connectivity index (χ4n) is 2.45. The molecule has 2 heterocycles. The van der Waals surface area contributed by atoms with Crippen molar-refractivity contribution in [2.75, 3.05) is 26.2 Å². The molecule has 1 unspecified atom stereocenters. The van der Waals surface area contributed by atoms with Crippen LogP contribution in [0, 0.1) is 0 Å². The molecule has 1 aliphatic heterocycles. The Hall–Kier alpha value is -1.45. The van der Waals surface area contributed by atoms with Gasteiger partial charge in [0.25, 0.3) is 0 Å². The Bertz CT molecular complexity index is 579. The van der Waals surface area contributed by atoms with Crippen molar-refractivity contribution in [3.05, 3.63) is 18.0 Å². The second-order valence-electron chi connectivity index (χ2n) is 5.37. The zero-order valence-electron chi connectivity index (χ0n) is 12.6. The molecule has 1 aromatic heterocycles. The molecule has 0 radical (unpaired) electrons. The molecule has 0 aliphatic carbocycles. The lowest BCUT2D eigenvalue weighted by Gasteiger charge is -2.35. The summed E-state index contributed by atoms with van der Waals surface area (Å²) < 4.78 is 30.6. The molecule has 0 bridgehead atoms. The number of carbonyl (C=O) groups excluding carboxylic acids is 1. The number of hydrogen-bond acceptors (Lipinski definition) is 6. The third-order valence-corrected chi connectivity index (χ3v) is 5.49. The quantitative estimate of drug-likeness (QED) is 0.772. The van der Waals surface area contributed by atoms with Gasteiger partial charge in [-0.3, -0.25) is 4.79 Å². The van der Waals surface area contributed by atoms with Gasteiger partial charge in [0.15, 0.2) is 0 Å². The Kier molecular flexibility index (Phi) is 5.54. The second kappa shape index (κ2) is 7.21. The van der Waals surface area contributed by atoms with E-state index < -0.39 is 16.1 Å². The molecule has 1 amide bonds. The van der Waals surface area contributed by atoms with Crippen LogP contribution >= 0.6 is 0 Å². The van der Waals surface area contributed by atoms with Crippen molar-refractivity contribution >= 4 is 15.9 Å². The number of hydrogen-bond donors (Lipinski definition) is 1. The van der Waals surface area contributed by atoms with E-state index in [2.05, 4.69) is 9.68 Å². The first kappa shape index (κ1) is 16.9. The summed E-state index contributed by atoms with van der Waals surface area (Å²) in [6, 6.07) is 1.03. The monoisotopic (exact) mass is 330 g/mol. The SMILES string of the molecule is CCCC(N)C(=O)N1CCN(S(=O)(=O)Cc2ccon2)CC1. The maximum Gasteiger partial charge on any atom is 0.239 e. The first-order valence-electron chi connectivity index (χ1n) is 7.35. The topological polar surface area (TPSA) is 110 Å². The van der Waals surface area contributed by atoms with Crippen molar-refractivity contribution in [2.24, 2.45) is 5.73 Å². The number of rotatable bonds is 6. The van der Waals surface area contributed by atoms with Gasteiger partial charge in [-0.1, -0.05) is 18.5 Å². The first-order valence-corrected chi connectivity index (χ1v) is 8.96. The van der Waals surface area contributed by atoms with Crippen LogP contribution in [-0.2, 0) is 20.6 Å². The molecule has 22 heavy (non-hydrogen) atoms. The van der Waals surface area contributed by atoms with E-state index in [1.807, 2.05) is 6.92 Å². The molecular weight excluding hydrogens is 308 g/mol. The zero-order chi connectivity index (χ0) is 16.2. The fourth-order valence-corrected chi connectivity index (χ4v) is 3.87. The van der Waals surface area contributed by atoms with Gasteiger partial charge >= 0.3 is 0 Å². The molecule has 124 valence electrons. The van der Waals surface area contributed by atoms with Gasteiger partial charge in [0.2, 0.25) is 15.9 Å². The summed E-state index contributed by atoms with van der Waals surface area (Å²) in [4.78, 5) is 13.8. The van der Waals surface area contributed by atoms with Crippen LogP contribution in [0.5, 0.6) is 0 Å². The highest BCUT2D eigenvalue weighted by Crippen LogP contribution is 2.13. The molecule has 9 heteroatoms. The highest BCUT2D eigenvalue weighted by molar-refractivity contribution is 7.88. The lowest BCUT2D eigenvalue weighted by atomic mass is 10.1. The molecule has 0 saturated carbocycles. The highest BCUT2D eigenvalue weighted by Gasteiger charge is 2.30. The third-order valence-electron chi connectivity index (χ3n) is 3.68. The number of sulfonamides is 1. The van der Waals surface area contributed by atoms with Crippen molar-refractivity contribution in [3.63, 3.8) is 0 Å². The van der Waals surface area contributed by atoms with Gasteiger partial charge in [-0.05, 0) is 6.42 Å². The summed E-state index contributed by atoms with van der Waals surface area (Å²) in [5.41, 5.74) is 6.21. The van der Waals surface area contributed by atoms with Crippen LogP contribution in [0.25, 0.3) is 0 Å². The van der Waals surface area contributed by atoms with Crippen molar-refractivity contribution in [2.45, 2.75) is 31.6 Å². The Labute approximate surface area is 130 Å². The van der Waals surface area contributed by atoms with Crippen LogP contribution < -0.4 is 5.73 Å². The van der Waals surface area contributed by atoms with Gasteiger partial charge in [0.1, 0.15) is 12.0 Å². The van der Waals surface area contributed by atoms with E-state index >= 15 is 0 Å². The van der Waals surface area contributed by atoms with E-state index in [0.29, 0.717) is 25.2 Å². The van der Waals surface area contributed by atoms with Crippen LogP contribution in [0.3, 0.4) is 0 Å². The van der Waals surface area contributed by atoms with Crippen LogP contribution in [0.4, 0.5) is 0 Å². The maximum absolute atomic E-state index is 12.3. The minimum absolute atomic E-state index is 0.101. The normalized spacial score (nSPS) is 18.4. The third kappa shape index (κ3) is 4.05. The Morgan fingerprint density at radius 2 is 2.09 bits per heavy atom. The van der Waals surface area contributed by atoms with E-state index in [-0.39, 0.29) is 24.7 Å². The summed E-state index contributed by atoms with van der Waals surface area (Å²) >= 11 is 0. The molecule has 1 aromatic rings. The Morgan fingerprint density at radius 3 is 2.64 bits per heavy atom. The standard InChI is InChI=1S/C13H22N4O4S/c1-2-3-12(14)13(18)16-5-7-17(8-6-16)22(19,20)10-11-4-9-21-15-11/h4,9,12H,2-3,5-8,10,14H2,1H3. The summed E-state index contributed by atoms with van der Waals surface area (Å²) in [5.74, 6) is -0.289. The number of nitrogens with two attached hydrogens (primary N) is 1. The number of carbonyl (C=O) groups is 1. The van der Waals surface area contributed by atoms with Gasteiger partial charge in [-0.25, -0.2) is 8.42 Å². The van der Waals surface area contributed by atoms with Gasteiger partial charge in [0.05, 0.1) is 11.7 Å². The largest absolute Gasteiger partial charge is 0.364 e. The average molecular weight is 330 g/mol. The highest BCUT2D eigenvalue weighted by atomic mass is 32.2. The molecule has 1 fully saturated rings. The van der Waals surface area contributed by atoms with Crippen molar-refractivity contribution < 1.29 is 17.7 Å². The van der Waals surface area contributed by atoms with Crippen molar-refractivity contribution in [1.29, 1.82) is 0 Å². The minimum Gasteiger partial charge on any atom is -0.364 e. The predicted molar refractivity (Wildman–Crippen MR) is 80.2 cm³/mol. The minimum atomic E-state index is -3.44. The van der Waals surface area contributed by atoms with E-state index in [1.165, 1.54) is 16.6 Å². The van der Waals surface area contributed by atoms with Gasteiger partial charge in [-0.15, -0.1) is 0 Å². The molecule has 1 atom stereocenters. The summed E-state index contributed by atoms with van der Waals surface area (Å²) in [6.45, 7) is 3.28. The van der Waals surface area contributed by atoms with Crippen LogP contribution in [0.1, 0.15) is 25.5 Å². The van der Waals surface area contributed by atoms with Gasteiger partial charge in [-0.2, -0.15) is 4.31 Å². The molecule has 1 aliphatic rings. The van der Waals surface area contributed by atoms with E-state index in [1.54, 1.807) is 4.90 Å². The fraction of sp³-hybridized carbons (Fsp3) is 0.692. The van der Waals surface area contributed by atoms with Gasteiger partial charge in [0, 0.05) is 32.2 Å². The lowest BCUT2D eigenvalue weighted by molar-refractivity contribution is -0.133.